The van der Waals surface area contributed by atoms with Crippen LogP contribution in [0.2, 0.25) is 0 Å². The largest absolute Gasteiger partial charge is 0.462 e. The van der Waals surface area contributed by atoms with Crippen LogP contribution in [0.1, 0.15) is 5.56 Å². The zero-order valence-electron chi connectivity index (χ0n) is 6.52. The third-order valence-electron chi connectivity index (χ3n) is 1.56. The molecule has 1 heterocycles. The molecule has 2 aromatic rings. The molecule has 0 saturated carbocycles. The van der Waals surface area contributed by atoms with Gasteiger partial charge in [-0.25, -0.2) is 0 Å². The number of aromatic nitrogens is 2. The van der Waals surface area contributed by atoms with Crippen molar-refractivity contribution in [1.29, 1.82) is 0 Å². The Bertz CT molecular complexity index is 370. The summed E-state index contributed by atoms with van der Waals surface area (Å²) in [6.07, 6.45) is 0. The number of nitrogens with zero attached hydrogens (tertiary/aromatic N) is 2. The summed E-state index contributed by atoms with van der Waals surface area (Å²) in [6.45, 7) is 2.07. The molecule has 0 unspecified atom stereocenters. The van der Waals surface area contributed by atoms with E-state index in [2.05, 4.69) is 27.8 Å². The molecule has 0 radical (unpaired) electrons. The van der Waals surface area contributed by atoms with Crippen molar-refractivity contribution in [3.63, 3.8) is 0 Å². The SMILES string of the molecule is Cc1cccc(-c2ns[s+]n2)c1. The molecule has 0 fully saturated rings. The first-order valence-electron chi connectivity index (χ1n) is 3.55. The summed E-state index contributed by atoms with van der Waals surface area (Å²) in [4.78, 5) is 0. The molecule has 0 bridgehead atoms. The van der Waals surface area contributed by atoms with Crippen molar-refractivity contribution in [3.05, 3.63) is 29.8 Å². The van der Waals surface area contributed by atoms with Crippen LogP contribution in [0, 0.1) is 6.92 Å². The number of aryl methyl sites for hydroxylation is 1. The van der Waals surface area contributed by atoms with E-state index in [9.17, 15) is 0 Å². The Balaban J connectivity index is 2.48. The zero-order valence-corrected chi connectivity index (χ0v) is 8.15. The number of benzene rings is 1. The van der Waals surface area contributed by atoms with Gasteiger partial charge in [0.15, 0.2) is 0 Å². The minimum absolute atomic E-state index is 0.841. The van der Waals surface area contributed by atoms with Crippen LogP contribution in [0.25, 0.3) is 11.4 Å². The second-order valence-corrected chi connectivity index (χ2v) is 4.08. The lowest BCUT2D eigenvalue weighted by atomic mass is 10.1. The fourth-order valence-corrected chi connectivity index (χ4v) is 2.19. The van der Waals surface area contributed by atoms with E-state index in [4.69, 9.17) is 0 Å². The highest BCUT2D eigenvalue weighted by atomic mass is 32.9. The number of hydrogen-bond donors (Lipinski definition) is 0. The van der Waals surface area contributed by atoms with Crippen LogP contribution < -0.4 is 0 Å². The van der Waals surface area contributed by atoms with Crippen LogP contribution >= 0.6 is 21.1 Å². The zero-order chi connectivity index (χ0) is 8.39. The fourth-order valence-electron chi connectivity index (χ4n) is 1.01. The maximum Gasteiger partial charge on any atom is 0.462 e. The van der Waals surface area contributed by atoms with Gasteiger partial charge in [0.25, 0.3) is 0 Å². The second-order valence-electron chi connectivity index (χ2n) is 2.52. The highest BCUT2D eigenvalue weighted by Crippen LogP contribution is 2.18. The van der Waals surface area contributed by atoms with Crippen molar-refractivity contribution >= 4 is 21.1 Å². The van der Waals surface area contributed by atoms with E-state index in [-0.39, 0.29) is 0 Å². The van der Waals surface area contributed by atoms with Crippen LogP contribution in [0.5, 0.6) is 0 Å². The highest BCUT2D eigenvalue weighted by Gasteiger charge is 2.08. The first-order valence-corrected chi connectivity index (χ1v) is 5.61. The summed E-state index contributed by atoms with van der Waals surface area (Å²) >= 11 is 0. The predicted molar refractivity (Wildman–Crippen MR) is 52.4 cm³/mol. The van der Waals surface area contributed by atoms with Crippen LogP contribution in [0.15, 0.2) is 24.3 Å². The lowest BCUT2D eigenvalue weighted by Gasteiger charge is -1.93. The molecule has 60 valence electrons. The average Bonchev–Trinajstić information content (AvgIpc) is 2.56. The quantitative estimate of drug-likeness (QED) is 0.516. The van der Waals surface area contributed by atoms with Gasteiger partial charge >= 0.3 is 21.1 Å². The van der Waals surface area contributed by atoms with Gasteiger partial charge in [0.05, 0.1) is 4.37 Å². The summed E-state index contributed by atoms with van der Waals surface area (Å²) in [6, 6.07) is 8.21. The molecule has 0 aliphatic heterocycles. The van der Waals surface area contributed by atoms with Crippen molar-refractivity contribution in [2.45, 2.75) is 6.92 Å². The first kappa shape index (κ1) is 7.76. The van der Waals surface area contributed by atoms with Gasteiger partial charge in [0.1, 0.15) is 0 Å². The predicted octanol–water partition coefficient (Wildman–Crippen LogP) is 2.86. The van der Waals surface area contributed by atoms with Gasteiger partial charge in [-0.1, -0.05) is 23.8 Å². The van der Waals surface area contributed by atoms with Crippen molar-refractivity contribution in [2.75, 3.05) is 0 Å². The van der Waals surface area contributed by atoms with Crippen LogP contribution in [0.4, 0.5) is 0 Å². The summed E-state index contributed by atoms with van der Waals surface area (Å²) in [7, 11) is 2.84. The Kier molecular flexibility index (Phi) is 2.10. The normalized spacial score (nSPS) is 10.1. The lowest BCUT2D eigenvalue weighted by Crippen LogP contribution is -1.79. The molecule has 0 aliphatic carbocycles. The molecule has 0 spiro atoms. The van der Waals surface area contributed by atoms with Gasteiger partial charge < -0.3 is 0 Å². The molecular formula is C8H7N2S2+. The molecule has 0 atom stereocenters. The van der Waals surface area contributed by atoms with E-state index in [0.29, 0.717) is 0 Å². The standard InChI is InChI=1S/C8H7N2S2/c1-6-3-2-4-7(5-6)8-9-11-12-10-8/h2-5H,1H3/q+1. The van der Waals surface area contributed by atoms with E-state index in [1.165, 1.54) is 26.6 Å². The van der Waals surface area contributed by atoms with E-state index < -0.39 is 0 Å². The monoisotopic (exact) mass is 195 g/mol. The Morgan fingerprint density at radius 1 is 1.42 bits per heavy atom. The molecule has 1 aromatic carbocycles. The van der Waals surface area contributed by atoms with Gasteiger partial charge in [-0.2, -0.15) is 0 Å². The van der Waals surface area contributed by atoms with Gasteiger partial charge in [0.2, 0.25) is 5.82 Å². The fraction of sp³-hybridized carbons (Fsp3) is 0.125. The Morgan fingerprint density at radius 3 is 3.00 bits per heavy atom. The van der Waals surface area contributed by atoms with Crippen molar-refractivity contribution in [1.82, 2.24) is 8.75 Å². The third kappa shape index (κ3) is 1.49. The molecule has 4 heteroatoms. The molecule has 2 rings (SSSR count). The lowest BCUT2D eigenvalue weighted by molar-refractivity contribution is 1.37. The Hall–Kier alpha value is -0.870. The summed E-state index contributed by atoms with van der Waals surface area (Å²) < 4.78 is 8.35. The number of hydrogen-bond acceptors (Lipinski definition) is 3. The van der Waals surface area contributed by atoms with E-state index in [1.54, 1.807) is 0 Å². The van der Waals surface area contributed by atoms with Crippen molar-refractivity contribution in [2.24, 2.45) is 0 Å². The van der Waals surface area contributed by atoms with Gasteiger partial charge in [-0.05, 0) is 13.0 Å². The van der Waals surface area contributed by atoms with Crippen LogP contribution in [-0.2, 0) is 0 Å². The highest BCUT2D eigenvalue weighted by molar-refractivity contribution is 7.64. The topological polar surface area (TPSA) is 25.8 Å². The van der Waals surface area contributed by atoms with Gasteiger partial charge in [-0.15, -0.1) is 4.37 Å². The van der Waals surface area contributed by atoms with E-state index in [0.717, 1.165) is 11.4 Å². The van der Waals surface area contributed by atoms with Gasteiger partial charge in [0, 0.05) is 5.56 Å². The smallest absolute Gasteiger partial charge is 0.112 e. The number of rotatable bonds is 1. The van der Waals surface area contributed by atoms with Crippen molar-refractivity contribution in [3.8, 4) is 11.4 Å². The molecule has 12 heavy (non-hydrogen) atoms. The van der Waals surface area contributed by atoms with Crippen LogP contribution in [-0.4, -0.2) is 8.75 Å². The Labute approximate surface area is 78.2 Å². The Morgan fingerprint density at radius 2 is 2.33 bits per heavy atom. The minimum atomic E-state index is 0.841. The van der Waals surface area contributed by atoms with E-state index in [1.807, 2.05) is 12.1 Å². The van der Waals surface area contributed by atoms with Crippen LogP contribution in [0.3, 0.4) is 0 Å². The first-order chi connectivity index (χ1) is 5.86. The maximum absolute atomic E-state index is 4.18. The summed E-state index contributed by atoms with van der Waals surface area (Å²) in [5.74, 6) is 0.841. The second kappa shape index (κ2) is 3.25. The summed E-state index contributed by atoms with van der Waals surface area (Å²) in [5.41, 5.74) is 2.35. The molecule has 0 amide bonds. The molecule has 0 N–H and O–H groups in total. The molecule has 2 nitrogen and oxygen atoms in total. The average molecular weight is 195 g/mol. The molecular weight excluding hydrogens is 188 g/mol. The minimum Gasteiger partial charge on any atom is -0.112 e. The maximum atomic E-state index is 4.18. The third-order valence-corrected chi connectivity index (χ3v) is 2.77. The van der Waals surface area contributed by atoms with Gasteiger partial charge in [-0.3, -0.25) is 0 Å². The molecule has 0 aliphatic rings. The molecule has 0 saturated heterocycles. The van der Waals surface area contributed by atoms with E-state index >= 15 is 0 Å². The molecule has 1 aromatic heterocycles. The summed E-state index contributed by atoms with van der Waals surface area (Å²) in [5, 5.41) is 0. The van der Waals surface area contributed by atoms with Crippen molar-refractivity contribution < 1.29 is 0 Å².